The van der Waals surface area contributed by atoms with Crippen LogP contribution in [0.1, 0.15) is 65.5 Å². The van der Waals surface area contributed by atoms with Gasteiger partial charge in [0.2, 0.25) is 0 Å². The van der Waals surface area contributed by atoms with Crippen molar-refractivity contribution in [3.63, 3.8) is 0 Å². The maximum Gasteiger partial charge on any atom is 0.338 e. The topological polar surface area (TPSA) is 100 Å². The van der Waals surface area contributed by atoms with Gasteiger partial charge in [0.15, 0.2) is 4.80 Å². The van der Waals surface area contributed by atoms with Crippen molar-refractivity contribution in [2.24, 2.45) is 4.99 Å². The van der Waals surface area contributed by atoms with Gasteiger partial charge in [-0.15, -0.1) is 0 Å². The van der Waals surface area contributed by atoms with E-state index in [-0.39, 0.29) is 12.2 Å². The van der Waals surface area contributed by atoms with Crippen LogP contribution in [0, 0.1) is 0 Å². The highest BCUT2D eigenvalue weighted by Gasteiger charge is 2.35. The lowest BCUT2D eigenvalue weighted by Gasteiger charge is -2.26. The maximum absolute atomic E-state index is 14.2. The third kappa shape index (κ3) is 5.89. The Morgan fingerprint density at radius 1 is 0.935 bits per heavy atom. The highest BCUT2D eigenvalue weighted by molar-refractivity contribution is 7.07. The van der Waals surface area contributed by atoms with Crippen LogP contribution < -0.4 is 14.9 Å². The van der Waals surface area contributed by atoms with Gasteiger partial charge in [-0.3, -0.25) is 9.36 Å². The van der Waals surface area contributed by atoms with Gasteiger partial charge in [0, 0.05) is 17.2 Å². The van der Waals surface area contributed by atoms with E-state index in [1.165, 1.54) is 18.4 Å². The van der Waals surface area contributed by atoms with Crippen LogP contribution in [-0.4, -0.2) is 30.2 Å². The smallest absolute Gasteiger partial charge is 0.338 e. The Labute approximate surface area is 269 Å². The zero-order chi connectivity index (χ0) is 32.4. The van der Waals surface area contributed by atoms with Crippen molar-refractivity contribution in [1.29, 1.82) is 0 Å². The van der Waals surface area contributed by atoms with E-state index in [0.717, 1.165) is 22.3 Å². The summed E-state index contributed by atoms with van der Waals surface area (Å²) in [4.78, 5) is 45.0. The highest BCUT2D eigenvalue weighted by atomic mass is 32.1. The van der Waals surface area contributed by atoms with Gasteiger partial charge in [0.05, 0.1) is 41.1 Å². The van der Waals surface area contributed by atoms with E-state index < -0.39 is 18.0 Å². The lowest BCUT2D eigenvalue weighted by atomic mass is 9.91. The van der Waals surface area contributed by atoms with Crippen molar-refractivity contribution in [3.05, 3.63) is 144 Å². The molecule has 0 N–H and O–H groups in total. The molecule has 5 aromatic rings. The van der Waals surface area contributed by atoms with Gasteiger partial charge in [0.1, 0.15) is 11.5 Å². The molecule has 0 spiro atoms. The normalized spacial score (nSPS) is 14.6. The minimum absolute atomic E-state index is 0.181. The third-order valence-electron chi connectivity index (χ3n) is 7.78. The van der Waals surface area contributed by atoms with Crippen LogP contribution in [0.2, 0.25) is 0 Å². The van der Waals surface area contributed by atoms with Crippen LogP contribution in [0.25, 0.3) is 23.1 Å². The van der Waals surface area contributed by atoms with E-state index in [9.17, 15) is 14.4 Å². The van der Waals surface area contributed by atoms with E-state index in [2.05, 4.69) is 13.8 Å². The molecule has 46 heavy (non-hydrogen) atoms. The summed E-state index contributed by atoms with van der Waals surface area (Å²) in [6, 6.07) is 27.2. The lowest BCUT2D eigenvalue weighted by Crippen LogP contribution is -2.40. The summed E-state index contributed by atoms with van der Waals surface area (Å²) in [5.41, 5.74) is 4.36. The zero-order valence-electron chi connectivity index (χ0n) is 25.9. The number of carbonyl (C=O) groups excluding carboxylic acids is 2. The molecule has 0 saturated heterocycles. The Kier molecular flexibility index (Phi) is 8.68. The number of carbonyl (C=O) groups is 2. The number of thiazole rings is 1. The Bertz CT molecular complexity index is 2120. The molecule has 0 aliphatic carbocycles. The molecule has 6 rings (SSSR count). The van der Waals surface area contributed by atoms with Crippen molar-refractivity contribution in [3.8, 4) is 11.3 Å². The first-order valence-corrected chi connectivity index (χ1v) is 15.8. The molecule has 0 bridgehead atoms. The minimum atomic E-state index is -0.755. The van der Waals surface area contributed by atoms with Gasteiger partial charge in [0.25, 0.3) is 5.56 Å². The predicted octanol–water partition coefficient (Wildman–Crippen LogP) is 6.11. The average molecular weight is 633 g/mol. The van der Waals surface area contributed by atoms with E-state index in [1.54, 1.807) is 47.9 Å². The second-order valence-electron chi connectivity index (χ2n) is 11.0. The quantitative estimate of drug-likeness (QED) is 0.192. The monoisotopic (exact) mass is 632 g/mol. The predicted molar refractivity (Wildman–Crippen MR) is 177 cm³/mol. The number of hydrogen-bond donors (Lipinski definition) is 0. The van der Waals surface area contributed by atoms with Crippen molar-refractivity contribution < 1.29 is 23.5 Å². The second kappa shape index (κ2) is 13.0. The van der Waals surface area contributed by atoms with Crippen LogP contribution in [-0.2, 0) is 14.3 Å². The number of furan rings is 1. The van der Waals surface area contributed by atoms with Gasteiger partial charge < -0.3 is 13.9 Å². The lowest BCUT2D eigenvalue weighted by molar-refractivity contribution is -0.138. The van der Waals surface area contributed by atoms with Crippen molar-refractivity contribution in [1.82, 2.24) is 4.57 Å². The van der Waals surface area contributed by atoms with Crippen molar-refractivity contribution in [2.75, 3.05) is 13.7 Å². The summed E-state index contributed by atoms with van der Waals surface area (Å²) in [7, 11) is 1.34. The molecule has 1 aliphatic rings. The summed E-state index contributed by atoms with van der Waals surface area (Å²) in [6.45, 7) is 6.17. The van der Waals surface area contributed by atoms with Gasteiger partial charge in [-0.05, 0) is 48.2 Å². The van der Waals surface area contributed by atoms with Crippen molar-refractivity contribution in [2.45, 2.75) is 32.7 Å². The van der Waals surface area contributed by atoms with E-state index in [4.69, 9.17) is 18.9 Å². The third-order valence-corrected chi connectivity index (χ3v) is 8.77. The molecule has 3 aromatic carbocycles. The van der Waals surface area contributed by atoms with Gasteiger partial charge in [-0.25, -0.2) is 14.6 Å². The van der Waals surface area contributed by atoms with Crippen LogP contribution in [0.4, 0.5) is 0 Å². The number of hydrogen-bond acceptors (Lipinski definition) is 8. The number of rotatable bonds is 8. The fourth-order valence-electron chi connectivity index (χ4n) is 5.42. The van der Waals surface area contributed by atoms with Gasteiger partial charge in [-0.1, -0.05) is 91.9 Å². The summed E-state index contributed by atoms with van der Waals surface area (Å²) >= 11 is 1.23. The highest BCUT2D eigenvalue weighted by Crippen LogP contribution is 2.35. The number of nitrogens with zero attached hydrogens (tertiary/aromatic N) is 2. The molecule has 3 heterocycles. The molecule has 2 aromatic heterocycles. The average Bonchev–Trinajstić information content (AvgIpc) is 3.68. The standard InChI is InChI=1S/C37H32N2O6S/c1-5-44-36(42)31-32(25-9-7-6-8-10-25)38-37-39(33(31)26-15-11-23(12-16-26)22(2)3)34(40)30(46-37)21-28-19-20-29(45-28)24-13-17-27(18-14-24)35(41)43-4/h6-22,33H,5H2,1-4H3/b30-21-. The summed E-state index contributed by atoms with van der Waals surface area (Å²) in [5, 5.41) is 0. The molecule has 0 fully saturated rings. The Morgan fingerprint density at radius 3 is 2.30 bits per heavy atom. The van der Waals surface area contributed by atoms with Crippen LogP contribution in [0.3, 0.4) is 0 Å². The fraction of sp³-hybridized carbons (Fsp3) is 0.189. The summed E-state index contributed by atoms with van der Waals surface area (Å²) in [5.74, 6) is 0.432. The molecule has 1 unspecified atom stereocenters. The van der Waals surface area contributed by atoms with Gasteiger partial charge in [-0.2, -0.15) is 0 Å². The molecular weight excluding hydrogens is 600 g/mol. The number of aromatic nitrogens is 1. The largest absolute Gasteiger partial charge is 0.465 e. The van der Waals surface area contributed by atoms with E-state index in [0.29, 0.717) is 43.6 Å². The molecule has 0 saturated carbocycles. The number of esters is 2. The fourth-order valence-corrected chi connectivity index (χ4v) is 6.40. The Morgan fingerprint density at radius 2 is 1.65 bits per heavy atom. The molecule has 1 atom stereocenters. The molecule has 0 radical (unpaired) electrons. The first kappa shape index (κ1) is 30.7. The summed E-state index contributed by atoms with van der Waals surface area (Å²) < 4.78 is 18.4. The second-order valence-corrected chi connectivity index (χ2v) is 12.0. The molecule has 9 heteroatoms. The molecule has 232 valence electrons. The number of fused-ring (bicyclic) bond motifs is 1. The maximum atomic E-state index is 14.2. The number of methoxy groups -OCH3 is 1. The van der Waals surface area contributed by atoms with Crippen LogP contribution >= 0.6 is 11.3 Å². The SMILES string of the molecule is CCOC(=O)C1=C(c2ccccc2)N=c2s/c(=C\c3ccc(-c4ccc(C(=O)OC)cc4)o3)c(=O)n2C1c1ccc(C(C)C)cc1. The molecular formula is C37H32N2O6S. The van der Waals surface area contributed by atoms with Crippen LogP contribution in [0.15, 0.2) is 111 Å². The Hall–Kier alpha value is -5.28. The van der Waals surface area contributed by atoms with Gasteiger partial charge >= 0.3 is 11.9 Å². The minimum Gasteiger partial charge on any atom is -0.465 e. The molecule has 0 amide bonds. The first-order valence-electron chi connectivity index (χ1n) is 15.0. The number of benzene rings is 3. The van der Waals surface area contributed by atoms with E-state index >= 15 is 0 Å². The Balaban J connectivity index is 1.50. The zero-order valence-corrected chi connectivity index (χ0v) is 26.7. The molecule has 8 nitrogen and oxygen atoms in total. The first-order chi connectivity index (χ1) is 22.3. The van der Waals surface area contributed by atoms with Crippen LogP contribution in [0.5, 0.6) is 0 Å². The van der Waals surface area contributed by atoms with E-state index in [1.807, 2.05) is 60.7 Å². The van der Waals surface area contributed by atoms with Crippen molar-refractivity contribution >= 4 is 35.0 Å². The number of ether oxygens (including phenoxy) is 2. The molecule has 1 aliphatic heterocycles. The summed E-state index contributed by atoms with van der Waals surface area (Å²) in [6.07, 6.45) is 1.69.